The Kier molecular flexibility index (Phi) is 5.26. The number of carboxylic acid groups (broad SMARTS) is 1. The lowest BCUT2D eigenvalue weighted by Crippen LogP contribution is -1.99. The average molecular weight is 188 g/mol. The Balaban J connectivity index is 0. The van der Waals surface area contributed by atoms with E-state index in [1.807, 2.05) is 0 Å². The quantitative estimate of drug-likeness (QED) is 0.478. The Labute approximate surface area is 74.4 Å². The molecule has 0 radical (unpaired) electrons. The molecule has 0 amide bonds. The third-order valence-electron chi connectivity index (χ3n) is 1.22. The molecule has 0 aliphatic heterocycles. The SMILES string of the molecule is Nc1cc(N)cc(C(=O)O)c1.O.O. The van der Waals surface area contributed by atoms with Crippen molar-refractivity contribution < 1.29 is 20.9 Å². The van der Waals surface area contributed by atoms with E-state index in [1.165, 1.54) is 18.2 Å². The van der Waals surface area contributed by atoms with Gasteiger partial charge in [-0.05, 0) is 18.2 Å². The molecular formula is C7H12N2O4. The minimum Gasteiger partial charge on any atom is -0.478 e. The van der Waals surface area contributed by atoms with E-state index in [0.717, 1.165) is 0 Å². The molecule has 0 aliphatic rings. The van der Waals surface area contributed by atoms with Crippen molar-refractivity contribution in [1.29, 1.82) is 0 Å². The fourth-order valence-corrected chi connectivity index (χ4v) is 0.800. The third kappa shape index (κ3) is 3.41. The Hall–Kier alpha value is -1.79. The minimum absolute atomic E-state index is 0. The second-order valence-electron chi connectivity index (χ2n) is 2.19. The molecule has 6 heteroatoms. The van der Waals surface area contributed by atoms with Crippen LogP contribution in [0.15, 0.2) is 18.2 Å². The summed E-state index contributed by atoms with van der Waals surface area (Å²) in [6.45, 7) is 0. The lowest BCUT2D eigenvalue weighted by molar-refractivity contribution is 0.0697. The lowest BCUT2D eigenvalue weighted by atomic mass is 10.2. The highest BCUT2D eigenvalue weighted by molar-refractivity contribution is 5.90. The largest absolute Gasteiger partial charge is 0.478 e. The number of nitrogens with two attached hydrogens (primary N) is 2. The van der Waals surface area contributed by atoms with Gasteiger partial charge in [0, 0.05) is 11.4 Å². The third-order valence-corrected chi connectivity index (χ3v) is 1.22. The van der Waals surface area contributed by atoms with Crippen LogP contribution in [0, 0.1) is 0 Å². The Morgan fingerprint density at radius 2 is 1.46 bits per heavy atom. The van der Waals surface area contributed by atoms with Gasteiger partial charge in [0.1, 0.15) is 0 Å². The first kappa shape index (κ1) is 13.8. The van der Waals surface area contributed by atoms with E-state index in [0.29, 0.717) is 11.4 Å². The van der Waals surface area contributed by atoms with E-state index in [9.17, 15) is 4.79 Å². The first-order valence-corrected chi connectivity index (χ1v) is 2.99. The fourth-order valence-electron chi connectivity index (χ4n) is 0.800. The van der Waals surface area contributed by atoms with Crippen LogP contribution in [0.5, 0.6) is 0 Å². The minimum atomic E-state index is -1.02. The average Bonchev–Trinajstić information content (AvgIpc) is 1.85. The smallest absolute Gasteiger partial charge is 0.335 e. The number of hydrogen-bond donors (Lipinski definition) is 3. The summed E-state index contributed by atoms with van der Waals surface area (Å²) in [5, 5.41) is 8.52. The highest BCUT2D eigenvalue weighted by Crippen LogP contribution is 2.12. The Bertz CT molecular complexity index is 280. The number of aromatic carboxylic acids is 1. The van der Waals surface area contributed by atoms with Gasteiger partial charge in [0.15, 0.2) is 0 Å². The number of nitrogen functional groups attached to an aromatic ring is 2. The number of hydrogen-bond acceptors (Lipinski definition) is 3. The first-order chi connectivity index (χ1) is 5.09. The van der Waals surface area contributed by atoms with Crippen molar-refractivity contribution in [3.63, 3.8) is 0 Å². The molecule has 0 spiro atoms. The zero-order valence-electron chi connectivity index (χ0n) is 6.74. The summed E-state index contributed by atoms with van der Waals surface area (Å²) in [5.41, 5.74) is 11.5. The number of carboxylic acids is 1. The van der Waals surface area contributed by atoms with E-state index in [1.54, 1.807) is 0 Å². The Morgan fingerprint density at radius 1 is 1.08 bits per heavy atom. The van der Waals surface area contributed by atoms with Crippen molar-refractivity contribution in [2.24, 2.45) is 0 Å². The van der Waals surface area contributed by atoms with Crippen LogP contribution in [0.4, 0.5) is 11.4 Å². The van der Waals surface area contributed by atoms with Crippen LogP contribution in [0.3, 0.4) is 0 Å². The van der Waals surface area contributed by atoms with Gasteiger partial charge in [-0.3, -0.25) is 0 Å². The predicted octanol–water partition coefficient (Wildman–Crippen LogP) is -1.10. The van der Waals surface area contributed by atoms with Gasteiger partial charge >= 0.3 is 5.97 Å². The van der Waals surface area contributed by atoms with Crippen molar-refractivity contribution in [1.82, 2.24) is 0 Å². The van der Waals surface area contributed by atoms with E-state index in [4.69, 9.17) is 16.6 Å². The molecule has 0 aliphatic carbocycles. The number of benzene rings is 1. The van der Waals surface area contributed by atoms with Crippen LogP contribution in [0.25, 0.3) is 0 Å². The van der Waals surface area contributed by atoms with E-state index < -0.39 is 5.97 Å². The van der Waals surface area contributed by atoms with Gasteiger partial charge in [0.05, 0.1) is 5.56 Å². The van der Waals surface area contributed by atoms with Crippen LogP contribution in [-0.2, 0) is 0 Å². The van der Waals surface area contributed by atoms with Crippen LogP contribution >= 0.6 is 0 Å². The summed E-state index contributed by atoms with van der Waals surface area (Å²) >= 11 is 0. The molecule has 6 nitrogen and oxygen atoms in total. The molecule has 0 heterocycles. The molecule has 9 N–H and O–H groups in total. The molecule has 1 aromatic rings. The topological polar surface area (TPSA) is 152 Å². The van der Waals surface area contributed by atoms with Crippen molar-refractivity contribution in [3.05, 3.63) is 23.8 Å². The molecule has 0 saturated heterocycles. The molecule has 13 heavy (non-hydrogen) atoms. The number of anilines is 2. The normalized spacial score (nSPS) is 8.00. The summed E-state index contributed by atoms with van der Waals surface area (Å²) in [4.78, 5) is 10.4. The molecule has 0 unspecified atom stereocenters. The molecule has 0 bridgehead atoms. The maximum atomic E-state index is 10.4. The molecule has 74 valence electrons. The molecule has 0 aromatic heterocycles. The lowest BCUT2D eigenvalue weighted by Gasteiger charge is -1.98. The summed E-state index contributed by atoms with van der Waals surface area (Å²) in [7, 11) is 0. The highest BCUT2D eigenvalue weighted by atomic mass is 16.4. The summed E-state index contributed by atoms with van der Waals surface area (Å²) in [6, 6.07) is 4.23. The monoisotopic (exact) mass is 188 g/mol. The summed E-state index contributed by atoms with van der Waals surface area (Å²) in [6.07, 6.45) is 0. The number of carbonyl (C=O) groups is 1. The van der Waals surface area contributed by atoms with Crippen LogP contribution < -0.4 is 11.5 Å². The maximum absolute atomic E-state index is 10.4. The van der Waals surface area contributed by atoms with E-state index in [-0.39, 0.29) is 16.5 Å². The second kappa shape index (κ2) is 4.96. The van der Waals surface area contributed by atoms with Crippen molar-refractivity contribution >= 4 is 17.3 Å². The van der Waals surface area contributed by atoms with E-state index in [2.05, 4.69) is 0 Å². The van der Waals surface area contributed by atoms with Gasteiger partial charge in [-0.15, -0.1) is 0 Å². The standard InChI is InChI=1S/C7H8N2O2.2H2O/c8-5-1-4(7(10)11)2-6(9)3-5;;/h1-3H,8-9H2,(H,10,11);2*1H2. The van der Waals surface area contributed by atoms with E-state index >= 15 is 0 Å². The van der Waals surface area contributed by atoms with Crippen molar-refractivity contribution in [3.8, 4) is 0 Å². The zero-order chi connectivity index (χ0) is 8.43. The Morgan fingerprint density at radius 3 is 1.77 bits per heavy atom. The van der Waals surface area contributed by atoms with Gasteiger partial charge < -0.3 is 27.5 Å². The number of rotatable bonds is 1. The summed E-state index contributed by atoms with van der Waals surface area (Å²) in [5.74, 6) is -1.02. The van der Waals surface area contributed by atoms with Crippen molar-refractivity contribution in [2.75, 3.05) is 11.5 Å². The van der Waals surface area contributed by atoms with Gasteiger partial charge in [-0.2, -0.15) is 0 Å². The first-order valence-electron chi connectivity index (χ1n) is 2.99. The fraction of sp³-hybridized carbons (Fsp3) is 0. The van der Waals surface area contributed by atoms with Gasteiger partial charge in [-0.25, -0.2) is 4.79 Å². The van der Waals surface area contributed by atoms with Crippen LogP contribution in [-0.4, -0.2) is 22.0 Å². The van der Waals surface area contributed by atoms with Gasteiger partial charge in [-0.1, -0.05) is 0 Å². The van der Waals surface area contributed by atoms with Crippen LogP contribution in [0.2, 0.25) is 0 Å². The summed E-state index contributed by atoms with van der Waals surface area (Å²) < 4.78 is 0. The molecule has 1 rings (SSSR count). The molecular weight excluding hydrogens is 176 g/mol. The van der Waals surface area contributed by atoms with Crippen molar-refractivity contribution in [2.45, 2.75) is 0 Å². The second-order valence-corrected chi connectivity index (χ2v) is 2.19. The zero-order valence-corrected chi connectivity index (χ0v) is 6.74. The predicted molar refractivity (Wildman–Crippen MR) is 49.5 cm³/mol. The molecule has 0 saturated carbocycles. The maximum Gasteiger partial charge on any atom is 0.335 e. The molecule has 0 atom stereocenters. The van der Waals surface area contributed by atoms with Crippen LogP contribution in [0.1, 0.15) is 10.4 Å². The van der Waals surface area contributed by atoms with Gasteiger partial charge in [0.25, 0.3) is 0 Å². The van der Waals surface area contributed by atoms with Gasteiger partial charge in [0.2, 0.25) is 0 Å². The molecule has 0 fully saturated rings. The highest BCUT2D eigenvalue weighted by Gasteiger charge is 2.02. The molecule has 1 aromatic carbocycles.